The van der Waals surface area contributed by atoms with Gasteiger partial charge in [0.25, 0.3) is 5.56 Å². The van der Waals surface area contributed by atoms with E-state index in [1.54, 1.807) is 24.1 Å². The molecule has 1 fully saturated rings. The molecule has 7 heteroatoms. The third-order valence-electron chi connectivity index (χ3n) is 5.52. The molecule has 0 aliphatic carbocycles. The van der Waals surface area contributed by atoms with Crippen LogP contribution in [0.2, 0.25) is 0 Å². The monoisotopic (exact) mass is 421 g/mol. The van der Waals surface area contributed by atoms with Crippen molar-refractivity contribution in [3.63, 3.8) is 0 Å². The summed E-state index contributed by atoms with van der Waals surface area (Å²) in [5.41, 5.74) is 2.81. The predicted molar refractivity (Wildman–Crippen MR) is 121 cm³/mol. The molecule has 2 N–H and O–H groups in total. The summed E-state index contributed by atoms with van der Waals surface area (Å²) < 4.78 is 11.1. The molecular weight excluding hydrogens is 394 g/mol. The molecule has 2 amide bonds. The Hall–Kier alpha value is -3.32. The molecule has 4 rings (SSSR count). The van der Waals surface area contributed by atoms with Crippen molar-refractivity contribution >= 4 is 22.6 Å². The van der Waals surface area contributed by atoms with E-state index >= 15 is 0 Å². The average molecular weight is 421 g/mol. The van der Waals surface area contributed by atoms with Crippen LogP contribution in [0.1, 0.15) is 24.0 Å². The first-order chi connectivity index (χ1) is 15.0. The van der Waals surface area contributed by atoms with Crippen molar-refractivity contribution in [2.24, 2.45) is 0 Å². The van der Waals surface area contributed by atoms with E-state index in [9.17, 15) is 9.59 Å². The minimum Gasteiger partial charge on any atom is -0.495 e. The number of rotatable bonds is 6. The highest BCUT2D eigenvalue weighted by Crippen LogP contribution is 2.24. The van der Waals surface area contributed by atoms with Crippen molar-refractivity contribution < 1.29 is 14.3 Å². The first-order valence-corrected chi connectivity index (χ1v) is 10.5. The molecule has 0 spiro atoms. The first-order valence-electron chi connectivity index (χ1n) is 10.5. The Morgan fingerprint density at radius 1 is 1.26 bits per heavy atom. The molecule has 3 aromatic rings. The largest absolute Gasteiger partial charge is 0.495 e. The van der Waals surface area contributed by atoms with Gasteiger partial charge in [-0.05, 0) is 55.5 Å². The van der Waals surface area contributed by atoms with Gasteiger partial charge in [-0.1, -0.05) is 23.8 Å². The number of anilines is 1. The number of nitrogens with one attached hydrogen (secondary N) is 2. The van der Waals surface area contributed by atoms with Crippen LogP contribution in [0.3, 0.4) is 0 Å². The quantitative estimate of drug-likeness (QED) is 0.629. The van der Waals surface area contributed by atoms with Crippen LogP contribution in [0.15, 0.2) is 53.3 Å². The number of urea groups is 1. The van der Waals surface area contributed by atoms with E-state index in [0.29, 0.717) is 30.2 Å². The van der Waals surface area contributed by atoms with Crippen molar-refractivity contribution in [3.8, 4) is 5.75 Å². The van der Waals surface area contributed by atoms with Gasteiger partial charge in [-0.3, -0.25) is 4.79 Å². The molecular formula is C24H27N3O4. The van der Waals surface area contributed by atoms with Crippen LogP contribution in [-0.2, 0) is 11.3 Å². The topological polar surface area (TPSA) is 83.7 Å². The summed E-state index contributed by atoms with van der Waals surface area (Å²) >= 11 is 0. The van der Waals surface area contributed by atoms with E-state index in [-0.39, 0.29) is 24.2 Å². The van der Waals surface area contributed by atoms with Crippen LogP contribution in [-0.4, -0.2) is 42.3 Å². The predicted octanol–water partition coefficient (Wildman–Crippen LogP) is 4.06. The van der Waals surface area contributed by atoms with Gasteiger partial charge in [0, 0.05) is 24.2 Å². The van der Waals surface area contributed by atoms with Crippen molar-refractivity contribution in [2.45, 2.75) is 32.4 Å². The smallest absolute Gasteiger partial charge is 0.322 e. The average Bonchev–Trinajstić information content (AvgIpc) is 3.27. The van der Waals surface area contributed by atoms with Crippen LogP contribution in [0, 0.1) is 6.92 Å². The molecule has 1 aromatic heterocycles. The fraction of sp³-hybridized carbons (Fsp3) is 0.333. The van der Waals surface area contributed by atoms with E-state index < -0.39 is 0 Å². The summed E-state index contributed by atoms with van der Waals surface area (Å²) in [6.45, 7) is 3.30. The second-order valence-electron chi connectivity index (χ2n) is 7.86. The lowest BCUT2D eigenvalue weighted by atomic mass is 10.1. The molecule has 0 radical (unpaired) electrons. The van der Waals surface area contributed by atoms with E-state index in [4.69, 9.17) is 9.47 Å². The maximum absolute atomic E-state index is 13.2. The number of aryl methyl sites for hydroxylation is 1. The van der Waals surface area contributed by atoms with Crippen molar-refractivity contribution in [2.75, 3.05) is 25.6 Å². The second-order valence-corrected chi connectivity index (χ2v) is 7.86. The fourth-order valence-corrected chi connectivity index (χ4v) is 3.89. The van der Waals surface area contributed by atoms with Gasteiger partial charge in [0.05, 0.1) is 25.4 Å². The number of amides is 2. The molecule has 1 aliphatic heterocycles. The van der Waals surface area contributed by atoms with Crippen LogP contribution < -0.4 is 15.6 Å². The molecule has 31 heavy (non-hydrogen) atoms. The SMILES string of the molecule is COc1ccccc1NC(=O)N(Cc1cc2cc(C)ccc2[nH]c1=O)C[C@@H]1CCCO1. The van der Waals surface area contributed by atoms with E-state index in [2.05, 4.69) is 10.3 Å². The van der Waals surface area contributed by atoms with Crippen molar-refractivity contribution in [1.82, 2.24) is 9.88 Å². The molecule has 1 saturated heterocycles. The molecule has 1 atom stereocenters. The number of benzene rings is 2. The lowest BCUT2D eigenvalue weighted by Gasteiger charge is -2.26. The first kappa shape index (κ1) is 20.9. The summed E-state index contributed by atoms with van der Waals surface area (Å²) in [5, 5.41) is 3.86. The van der Waals surface area contributed by atoms with Crippen LogP contribution >= 0.6 is 0 Å². The number of nitrogens with zero attached hydrogens (tertiary/aromatic N) is 1. The number of fused-ring (bicyclic) bond motifs is 1. The number of aromatic nitrogens is 1. The molecule has 2 heterocycles. The van der Waals surface area contributed by atoms with Crippen LogP contribution in [0.4, 0.5) is 10.5 Å². The minimum atomic E-state index is -0.302. The van der Waals surface area contributed by atoms with Gasteiger partial charge in [0.15, 0.2) is 0 Å². The number of H-pyrrole nitrogens is 1. The Labute approximate surface area is 181 Å². The van der Waals surface area contributed by atoms with Gasteiger partial charge >= 0.3 is 6.03 Å². The number of pyridine rings is 1. The Morgan fingerprint density at radius 3 is 2.87 bits per heavy atom. The molecule has 1 aliphatic rings. The van der Waals surface area contributed by atoms with Gasteiger partial charge in [0.2, 0.25) is 0 Å². The fourth-order valence-electron chi connectivity index (χ4n) is 3.89. The molecule has 0 saturated carbocycles. The Morgan fingerprint density at radius 2 is 2.10 bits per heavy atom. The van der Waals surface area contributed by atoms with Gasteiger partial charge in [-0.2, -0.15) is 0 Å². The molecule has 0 bridgehead atoms. The van der Waals surface area contributed by atoms with E-state index in [1.807, 2.05) is 43.3 Å². The summed E-state index contributed by atoms with van der Waals surface area (Å²) in [7, 11) is 1.56. The summed E-state index contributed by atoms with van der Waals surface area (Å²) in [6, 6.07) is 14.7. The standard InChI is InChI=1S/C24H27N3O4/c1-16-9-10-20-17(12-16)13-18(23(28)25-20)14-27(15-19-6-5-11-31-19)24(29)26-21-7-3-4-8-22(21)30-2/h3-4,7-10,12-13,19H,5-6,11,14-15H2,1-2H3,(H,25,28)(H,26,29)/t19-/m0/s1. The number of carbonyl (C=O) groups is 1. The maximum Gasteiger partial charge on any atom is 0.322 e. The van der Waals surface area contributed by atoms with Gasteiger partial charge < -0.3 is 24.7 Å². The molecule has 0 unspecified atom stereocenters. The van der Waals surface area contributed by atoms with E-state index in [0.717, 1.165) is 29.3 Å². The number of aromatic amines is 1. The minimum absolute atomic E-state index is 0.0369. The summed E-state index contributed by atoms with van der Waals surface area (Å²) in [6.07, 6.45) is 1.83. The lowest BCUT2D eigenvalue weighted by molar-refractivity contribution is 0.0818. The van der Waals surface area contributed by atoms with Crippen molar-refractivity contribution in [1.29, 1.82) is 0 Å². The maximum atomic E-state index is 13.2. The Bertz CT molecular complexity index is 1140. The summed E-state index contributed by atoms with van der Waals surface area (Å²) in [4.78, 5) is 30.5. The third kappa shape index (κ3) is 4.88. The zero-order valence-electron chi connectivity index (χ0n) is 17.8. The Balaban J connectivity index is 1.61. The Kier molecular flexibility index (Phi) is 6.23. The molecule has 162 valence electrons. The number of hydrogen-bond acceptors (Lipinski definition) is 4. The van der Waals surface area contributed by atoms with Crippen molar-refractivity contribution in [3.05, 3.63) is 70.0 Å². The highest BCUT2D eigenvalue weighted by atomic mass is 16.5. The number of carbonyl (C=O) groups excluding carboxylic acids is 1. The normalized spacial score (nSPS) is 15.7. The third-order valence-corrected chi connectivity index (χ3v) is 5.52. The van der Waals surface area contributed by atoms with Gasteiger partial charge in [-0.15, -0.1) is 0 Å². The molecule has 2 aromatic carbocycles. The van der Waals surface area contributed by atoms with Crippen LogP contribution in [0.5, 0.6) is 5.75 Å². The van der Waals surface area contributed by atoms with Crippen LogP contribution in [0.25, 0.3) is 10.9 Å². The zero-order chi connectivity index (χ0) is 21.8. The van der Waals surface area contributed by atoms with Gasteiger partial charge in [-0.25, -0.2) is 4.79 Å². The highest BCUT2D eigenvalue weighted by molar-refractivity contribution is 5.91. The number of hydrogen-bond donors (Lipinski definition) is 2. The molecule has 7 nitrogen and oxygen atoms in total. The number of ether oxygens (including phenoxy) is 2. The zero-order valence-corrected chi connectivity index (χ0v) is 17.8. The lowest BCUT2D eigenvalue weighted by Crippen LogP contribution is -2.40. The summed E-state index contributed by atoms with van der Waals surface area (Å²) in [5.74, 6) is 0.576. The highest BCUT2D eigenvalue weighted by Gasteiger charge is 2.24. The van der Waals surface area contributed by atoms with Gasteiger partial charge in [0.1, 0.15) is 5.75 Å². The second kappa shape index (κ2) is 9.22. The van der Waals surface area contributed by atoms with E-state index in [1.165, 1.54) is 0 Å². The number of methoxy groups -OCH3 is 1. The number of para-hydroxylation sites is 2.